The Hall–Kier alpha value is 1.55. The standard InChI is InChI=1S/CH2O2.Ba.Co.2H/c2-1-3;;;;/h1H,(H,2,3);;;;/q;+2;;2*-1. The topological polar surface area (TPSA) is 37.3 Å². The first-order valence-corrected chi connectivity index (χ1v) is 0.494. The van der Waals surface area contributed by atoms with E-state index in [9.17, 15) is 0 Å². The van der Waals surface area contributed by atoms with Crippen LogP contribution in [0.2, 0.25) is 0 Å². The molecule has 0 saturated heterocycles. The maximum absolute atomic E-state index is 8.36. The van der Waals surface area contributed by atoms with Gasteiger partial charge in [0.2, 0.25) is 0 Å². The first kappa shape index (κ1) is 16.0. The van der Waals surface area contributed by atoms with Crippen molar-refractivity contribution in [3.63, 3.8) is 0 Å². The number of hydrogen-bond acceptors (Lipinski definition) is 1. The van der Waals surface area contributed by atoms with Crippen molar-refractivity contribution in [1.82, 2.24) is 0 Å². The first-order chi connectivity index (χ1) is 1.41. The minimum Gasteiger partial charge on any atom is -1.00 e. The molecular weight excluding hydrogens is 240 g/mol. The second-order valence-electron chi connectivity index (χ2n) is 0.105. The van der Waals surface area contributed by atoms with Gasteiger partial charge in [-0.2, -0.15) is 0 Å². The van der Waals surface area contributed by atoms with E-state index in [1.54, 1.807) is 0 Å². The van der Waals surface area contributed by atoms with Gasteiger partial charge in [-0.05, 0) is 0 Å². The average molecular weight is 244 g/mol. The summed E-state index contributed by atoms with van der Waals surface area (Å²) >= 11 is 0. The van der Waals surface area contributed by atoms with Crippen LogP contribution in [0.5, 0.6) is 0 Å². The molecule has 0 heterocycles. The van der Waals surface area contributed by atoms with E-state index in [4.69, 9.17) is 9.90 Å². The third-order valence-corrected chi connectivity index (χ3v) is 0. The van der Waals surface area contributed by atoms with Crippen LogP contribution in [0.25, 0.3) is 0 Å². The van der Waals surface area contributed by atoms with Gasteiger partial charge in [0, 0.05) is 16.8 Å². The van der Waals surface area contributed by atoms with Gasteiger partial charge in [-0.15, -0.1) is 0 Å². The van der Waals surface area contributed by atoms with E-state index in [1.807, 2.05) is 0 Å². The Labute approximate surface area is 83.6 Å². The van der Waals surface area contributed by atoms with Gasteiger partial charge in [0.1, 0.15) is 0 Å². The van der Waals surface area contributed by atoms with Crippen LogP contribution >= 0.6 is 0 Å². The zero-order valence-electron chi connectivity index (χ0n) is 4.47. The molecule has 0 aliphatic carbocycles. The molecule has 1 radical (unpaired) electrons. The van der Waals surface area contributed by atoms with E-state index in [-0.39, 0.29) is 75.0 Å². The van der Waals surface area contributed by atoms with Crippen LogP contribution in [0, 0.1) is 0 Å². The summed E-state index contributed by atoms with van der Waals surface area (Å²) in [5, 5.41) is 6.89. The second-order valence-corrected chi connectivity index (χ2v) is 0.105. The normalized spacial score (nSPS) is 2.40. The van der Waals surface area contributed by atoms with Crippen molar-refractivity contribution in [3.8, 4) is 0 Å². The molecule has 1 N–H and O–H groups in total. The van der Waals surface area contributed by atoms with Gasteiger partial charge in [0.05, 0.1) is 0 Å². The molecule has 0 atom stereocenters. The Morgan fingerprint density at radius 3 is 1.80 bits per heavy atom. The van der Waals surface area contributed by atoms with Gasteiger partial charge < -0.3 is 7.96 Å². The molecule has 0 rings (SSSR count). The molecule has 0 unspecified atom stereocenters. The number of carboxylic acid groups (broad SMARTS) is 1. The fourth-order valence-corrected chi connectivity index (χ4v) is 0. The zero-order chi connectivity index (χ0) is 2.71. The minimum absolute atomic E-state index is 0. The summed E-state index contributed by atoms with van der Waals surface area (Å²) in [5.74, 6) is 0. The van der Waals surface area contributed by atoms with Crippen molar-refractivity contribution < 1.29 is 29.5 Å². The van der Waals surface area contributed by atoms with Crippen LogP contribution < -0.4 is 0 Å². The summed E-state index contributed by atoms with van der Waals surface area (Å²) in [4.78, 5) is 8.36. The molecule has 0 amide bonds. The first-order valence-electron chi connectivity index (χ1n) is 0.494. The average Bonchev–Trinajstić information content (AvgIpc) is 0.918. The Balaban J connectivity index is -0.00000000333. The summed E-state index contributed by atoms with van der Waals surface area (Å²) < 4.78 is 0. The summed E-state index contributed by atoms with van der Waals surface area (Å²) in [6, 6.07) is 0. The molecule has 0 fully saturated rings. The second kappa shape index (κ2) is 17.7. The summed E-state index contributed by atoms with van der Waals surface area (Å²) in [5.41, 5.74) is 0. The Morgan fingerprint density at radius 2 is 1.80 bits per heavy atom. The molecular formula is CH4BaCoO2. The van der Waals surface area contributed by atoms with Crippen molar-refractivity contribution in [2.45, 2.75) is 0 Å². The van der Waals surface area contributed by atoms with Crippen molar-refractivity contribution in [2.24, 2.45) is 0 Å². The van der Waals surface area contributed by atoms with Crippen LogP contribution in [0.15, 0.2) is 0 Å². The van der Waals surface area contributed by atoms with Crippen molar-refractivity contribution >= 4 is 55.4 Å². The smallest absolute Gasteiger partial charge is 1.00 e. The summed E-state index contributed by atoms with van der Waals surface area (Å²) in [6.45, 7) is -0.250. The van der Waals surface area contributed by atoms with E-state index in [0.29, 0.717) is 0 Å². The minimum atomic E-state index is -0.250. The molecule has 0 bridgehead atoms. The number of hydrogen-bond donors (Lipinski definition) is 1. The Bertz CT molecular complexity index is 23.2. The van der Waals surface area contributed by atoms with E-state index < -0.39 is 0 Å². The molecule has 4 heteroatoms. The summed E-state index contributed by atoms with van der Waals surface area (Å²) in [7, 11) is 0. The molecule has 0 aromatic carbocycles. The predicted molar refractivity (Wildman–Crippen MR) is 16.7 cm³/mol. The van der Waals surface area contributed by atoms with Gasteiger partial charge >= 0.3 is 48.9 Å². The third-order valence-electron chi connectivity index (χ3n) is 0. The molecule has 0 aromatic heterocycles. The quantitative estimate of drug-likeness (QED) is 0.462. The molecule has 0 spiro atoms. The molecule has 31 valence electrons. The molecule has 0 aliphatic heterocycles. The molecule has 5 heavy (non-hydrogen) atoms. The molecule has 0 aliphatic rings. The van der Waals surface area contributed by atoms with Crippen LogP contribution in [0.4, 0.5) is 0 Å². The van der Waals surface area contributed by atoms with Crippen molar-refractivity contribution in [3.05, 3.63) is 0 Å². The van der Waals surface area contributed by atoms with E-state index >= 15 is 0 Å². The zero-order valence-corrected chi connectivity index (χ0v) is 7.95. The maximum atomic E-state index is 8.36. The predicted octanol–water partition coefficient (Wildman–Crippen LogP) is -0.457. The largest absolute Gasteiger partial charge is 2.00 e. The van der Waals surface area contributed by atoms with Gasteiger partial charge in [-0.3, -0.25) is 4.79 Å². The van der Waals surface area contributed by atoms with Crippen LogP contribution in [0.1, 0.15) is 2.85 Å². The number of carbonyl (C=O) groups is 1. The van der Waals surface area contributed by atoms with E-state index in [1.165, 1.54) is 0 Å². The van der Waals surface area contributed by atoms with Crippen LogP contribution in [-0.2, 0) is 21.6 Å². The van der Waals surface area contributed by atoms with Crippen LogP contribution in [0.3, 0.4) is 0 Å². The molecule has 2 nitrogen and oxygen atoms in total. The Morgan fingerprint density at radius 1 is 1.80 bits per heavy atom. The monoisotopic (exact) mass is 245 g/mol. The van der Waals surface area contributed by atoms with Crippen molar-refractivity contribution in [1.29, 1.82) is 0 Å². The van der Waals surface area contributed by atoms with E-state index in [2.05, 4.69) is 0 Å². The van der Waals surface area contributed by atoms with Gasteiger partial charge in [0.25, 0.3) is 6.47 Å². The van der Waals surface area contributed by atoms with Gasteiger partial charge in [0.15, 0.2) is 0 Å². The number of rotatable bonds is 0. The maximum Gasteiger partial charge on any atom is 2.00 e. The summed E-state index contributed by atoms with van der Waals surface area (Å²) in [6.07, 6.45) is 0. The Kier molecular flexibility index (Phi) is 56.6. The van der Waals surface area contributed by atoms with Gasteiger partial charge in [-0.1, -0.05) is 0 Å². The molecule has 0 aromatic rings. The SMILES string of the molecule is O=CO.[Ba+2].[Co].[H-].[H-]. The fourth-order valence-electron chi connectivity index (χ4n) is 0. The third kappa shape index (κ3) is 29.1. The van der Waals surface area contributed by atoms with E-state index in [0.717, 1.165) is 0 Å². The van der Waals surface area contributed by atoms with Gasteiger partial charge in [-0.25, -0.2) is 0 Å². The fraction of sp³-hybridized carbons (Fsp3) is 0. The van der Waals surface area contributed by atoms with Crippen LogP contribution in [-0.4, -0.2) is 60.5 Å². The van der Waals surface area contributed by atoms with Crippen molar-refractivity contribution in [2.75, 3.05) is 0 Å². The molecule has 0 saturated carbocycles.